The van der Waals surface area contributed by atoms with Crippen molar-refractivity contribution in [3.63, 3.8) is 0 Å². The summed E-state index contributed by atoms with van der Waals surface area (Å²) in [5, 5.41) is 0.295. The first-order valence-corrected chi connectivity index (χ1v) is 4.69. The average molecular weight is 199 g/mol. The van der Waals surface area contributed by atoms with Crippen LogP contribution in [-0.4, -0.2) is 9.97 Å². The minimum absolute atomic E-state index is 0.276. The Hall–Kier alpha value is -0.670. The van der Waals surface area contributed by atoms with Crippen LogP contribution in [0.15, 0.2) is 6.20 Å². The molecular formula is C9H11ClN2O. The molecule has 1 atom stereocenters. The maximum absolute atomic E-state index is 5.73. The zero-order valence-corrected chi connectivity index (χ0v) is 8.43. The van der Waals surface area contributed by atoms with E-state index < -0.39 is 0 Å². The smallest absolute Gasteiger partial charge is 0.222 e. The van der Waals surface area contributed by atoms with Gasteiger partial charge in [-0.1, -0.05) is 6.92 Å². The highest BCUT2D eigenvalue weighted by molar-refractivity contribution is 6.28. The van der Waals surface area contributed by atoms with Crippen LogP contribution in [0.3, 0.4) is 0 Å². The SMILES string of the molecule is CCC1(C)OCc2cnc(Cl)nc21. The van der Waals surface area contributed by atoms with E-state index in [1.807, 2.05) is 6.92 Å². The van der Waals surface area contributed by atoms with Crippen LogP contribution in [0, 0.1) is 0 Å². The predicted molar refractivity (Wildman–Crippen MR) is 49.5 cm³/mol. The zero-order chi connectivity index (χ0) is 9.47. The highest BCUT2D eigenvalue weighted by Crippen LogP contribution is 2.37. The van der Waals surface area contributed by atoms with E-state index in [4.69, 9.17) is 16.3 Å². The van der Waals surface area contributed by atoms with Gasteiger partial charge in [0, 0.05) is 11.8 Å². The third-order valence-corrected chi connectivity index (χ3v) is 2.74. The first-order chi connectivity index (χ1) is 6.15. The lowest BCUT2D eigenvalue weighted by molar-refractivity contribution is -0.0281. The molecule has 4 heteroatoms. The molecule has 0 radical (unpaired) electrons. The molecule has 3 nitrogen and oxygen atoms in total. The third-order valence-electron chi connectivity index (χ3n) is 2.56. The molecule has 70 valence electrons. The van der Waals surface area contributed by atoms with Gasteiger partial charge in [-0.05, 0) is 24.9 Å². The van der Waals surface area contributed by atoms with Crippen molar-refractivity contribution >= 4 is 11.6 Å². The standard InChI is InChI=1S/C9H11ClN2O/c1-3-9(2)7-6(5-13-9)4-11-8(10)12-7/h4H,3,5H2,1-2H3. The number of hydrogen-bond donors (Lipinski definition) is 0. The molecule has 2 heterocycles. The minimum Gasteiger partial charge on any atom is -0.364 e. The Morgan fingerprint density at radius 2 is 2.46 bits per heavy atom. The average Bonchev–Trinajstić information content (AvgIpc) is 2.45. The summed E-state index contributed by atoms with van der Waals surface area (Å²) in [6.07, 6.45) is 2.64. The van der Waals surface area contributed by atoms with Crippen LogP contribution in [0.5, 0.6) is 0 Å². The molecule has 0 fully saturated rings. The third kappa shape index (κ3) is 1.32. The van der Waals surface area contributed by atoms with Crippen molar-refractivity contribution < 1.29 is 4.74 Å². The Kier molecular flexibility index (Phi) is 2.00. The Morgan fingerprint density at radius 1 is 1.69 bits per heavy atom. The normalized spacial score (nSPS) is 26.1. The maximum atomic E-state index is 5.73. The molecule has 0 amide bonds. The fourth-order valence-corrected chi connectivity index (χ4v) is 1.66. The largest absolute Gasteiger partial charge is 0.364 e. The molecule has 1 aliphatic rings. The number of hydrogen-bond acceptors (Lipinski definition) is 3. The van der Waals surface area contributed by atoms with Gasteiger partial charge in [-0.2, -0.15) is 0 Å². The molecule has 0 N–H and O–H groups in total. The number of halogens is 1. The van der Waals surface area contributed by atoms with Crippen molar-refractivity contribution in [3.8, 4) is 0 Å². The summed E-state index contributed by atoms with van der Waals surface area (Å²) < 4.78 is 5.65. The fourth-order valence-electron chi connectivity index (χ4n) is 1.52. The van der Waals surface area contributed by atoms with Gasteiger partial charge in [-0.25, -0.2) is 9.97 Å². The molecule has 2 rings (SSSR count). The Morgan fingerprint density at radius 3 is 3.15 bits per heavy atom. The monoisotopic (exact) mass is 198 g/mol. The van der Waals surface area contributed by atoms with E-state index in [1.54, 1.807) is 6.20 Å². The van der Waals surface area contributed by atoms with Gasteiger partial charge in [0.2, 0.25) is 5.28 Å². The van der Waals surface area contributed by atoms with Gasteiger partial charge in [0.05, 0.1) is 12.3 Å². The molecule has 0 aliphatic carbocycles. The predicted octanol–water partition coefficient (Wildman–Crippen LogP) is 2.29. The van der Waals surface area contributed by atoms with Crippen LogP contribution >= 0.6 is 11.6 Å². The lowest BCUT2D eigenvalue weighted by Crippen LogP contribution is -2.20. The number of rotatable bonds is 1. The summed E-state index contributed by atoms with van der Waals surface area (Å²) in [6.45, 7) is 4.70. The second-order valence-electron chi connectivity index (χ2n) is 3.39. The van der Waals surface area contributed by atoms with Gasteiger partial charge in [-0.3, -0.25) is 0 Å². The Labute approximate surface area is 82.1 Å². The molecule has 13 heavy (non-hydrogen) atoms. The lowest BCUT2D eigenvalue weighted by atomic mass is 9.98. The molecule has 0 saturated carbocycles. The van der Waals surface area contributed by atoms with Gasteiger partial charge >= 0.3 is 0 Å². The van der Waals surface area contributed by atoms with Crippen molar-refractivity contribution in [3.05, 3.63) is 22.7 Å². The highest BCUT2D eigenvalue weighted by Gasteiger charge is 2.35. The van der Waals surface area contributed by atoms with Crippen molar-refractivity contribution in [2.24, 2.45) is 0 Å². The topological polar surface area (TPSA) is 35.0 Å². The van der Waals surface area contributed by atoms with E-state index in [0.29, 0.717) is 11.9 Å². The van der Waals surface area contributed by atoms with Gasteiger partial charge < -0.3 is 4.74 Å². The molecule has 0 bridgehead atoms. The van der Waals surface area contributed by atoms with Gasteiger partial charge in [0.1, 0.15) is 5.60 Å². The fraction of sp³-hybridized carbons (Fsp3) is 0.556. The van der Waals surface area contributed by atoms with Crippen LogP contribution in [0.2, 0.25) is 5.28 Å². The van der Waals surface area contributed by atoms with Crippen LogP contribution < -0.4 is 0 Å². The molecule has 1 aromatic rings. The van der Waals surface area contributed by atoms with Gasteiger partial charge in [0.15, 0.2) is 0 Å². The molecular weight excluding hydrogens is 188 g/mol. The summed E-state index contributed by atoms with van der Waals surface area (Å²) in [5.41, 5.74) is 1.71. The van der Waals surface area contributed by atoms with Crippen molar-refractivity contribution in [2.45, 2.75) is 32.5 Å². The van der Waals surface area contributed by atoms with Crippen LogP contribution in [0.4, 0.5) is 0 Å². The van der Waals surface area contributed by atoms with Gasteiger partial charge in [-0.15, -0.1) is 0 Å². The first kappa shape index (κ1) is 8.91. The van der Waals surface area contributed by atoms with E-state index in [-0.39, 0.29) is 5.60 Å². The van der Waals surface area contributed by atoms with E-state index >= 15 is 0 Å². The number of aromatic nitrogens is 2. The zero-order valence-electron chi connectivity index (χ0n) is 7.67. The number of ether oxygens (including phenoxy) is 1. The number of nitrogens with zero attached hydrogens (tertiary/aromatic N) is 2. The first-order valence-electron chi connectivity index (χ1n) is 4.31. The molecule has 0 aromatic carbocycles. The highest BCUT2D eigenvalue weighted by atomic mass is 35.5. The van der Waals surface area contributed by atoms with E-state index in [0.717, 1.165) is 17.7 Å². The summed E-state index contributed by atoms with van der Waals surface area (Å²) in [4.78, 5) is 8.13. The van der Waals surface area contributed by atoms with E-state index in [2.05, 4.69) is 16.9 Å². The second-order valence-corrected chi connectivity index (χ2v) is 3.72. The second kappa shape index (κ2) is 2.93. The minimum atomic E-state index is -0.276. The summed E-state index contributed by atoms with van der Waals surface area (Å²) in [7, 11) is 0. The van der Waals surface area contributed by atoms with Crippen molar-refractivity contribution in [1.29, 1.82) is 0 Å². The quantitative estimate of drug-likeness (QED) is 0.650. The summed E-state index contributed by atoms with van der Waals surface area (Å²) in [5.74, 6) is 0. The molecule has 0 spiro atoms. The van der Waals surface area contributed by atoms with E-state index in [1.165, 1.54) is 0 Å². The van der Waals surface area contributed by atoms with Gasteiger partial charge in [0.25, 0.3) is 0 Å². The van der Waals surface area contributed by atoms with Crippen LogP contribution in [0.1, 0.15) is 31.5 Å². The van der Waals surface area contributed by atoms with Crippen molar-refractivity contribution in [1.82, 2.24) is 9.97 Å². The number of fused-ring (bicyclic) bond motifs is 1. The molecule has 0 saturated heterocycles. The Bertz CT molecular complexity index is 342. The summed E-state index contributed by atoms with van der Waals surface area (Å²) >= 11 is 5.73. The lowest BCUT2D eigenvalue weighted by Gasteiger charge is -2.21. The van der Waals surface area contributed by atoms with Crippen LogP contribution in [0.25, 0.3) is 0 Å². The molecule has 1 aliphatic heterocycles. The molecule has 1 aromatic heterocycles. The maximum Gasteiger partial charge on any atom is 0.222 e. The van der Waals surface area contributed by atoms with Crippen LogP contribution in [-0.2, 0) is 16.9 Å². The van der Waals surface area contributed by atoms with E-state index in [9.17, 15) is 0 Å². The Balaban J connectivity index is 2.52. The summed E-state index contributed by atoms with van der Waals surface area (Å²) in [6, 6.07) is 0. The van der Waals surface area contributed by atoms with Crippen molar-refractivity contribution in [2.75, 3.05) is 0 Å². The molecule has 1 unspecified atom stereocenters.